The van der Waals surface area contributed by atoms with Crippen LogP contribution in [0.3, 0.4) is 0 Å². The van der Waals surface area contributed by atoms with E-state index >= 15 is 0 Å². The lowest BCUT2D eigenvalue weighted by Crippen LogP contribution is -2.05. The predicted molar refractivity (Wildman–Crippen MR) is 75.4 cm³/mol. The Bertz CT molecular complexity index is 569. The van der Waals surface area contributed by atoms with Gasteiger partial charge in [0.1, 0.15) is 0 Å². The molecule has 1 aliphatic carbocycles. The molecule has 1 atom stereocenters. The van der Waals surface area contributed by atoms with Gasteiger partial charge >= 0.3 is 0 Å². The van der Waals surface area contributed by atoms with E-state index in [-0.39, 0.29) is 5.92 Å². The highest BCUT2D eigenvalue weighted by Gasteiger charge is 2.16. The molecule has 0 N–H and O–H groups in total. The molecule has 2 aromatic rings. The summed E-state index contributed by atoms with van der Waals surface area (Å²) >= 11 is 7.22. The van der Waals surface area contributed by atoms with Crippen LogP contribution in [0, 0.1) is 0 Å². The summed E-state index contributed by atoms with van der Waals surface area (Å²) in [7, 11) is 0. The third kappa shape index (κ3) is 1.64. The third-order valence-electron chi connectivity index (χ3n) is 2.73. The SMILES string of the molecule is S=C1C=CC=CC1c1cc2ccccc2s1. The van der Waals surface area contributed by atoms with Crippen molar-refractivity contribution in [2.75, 3.05) is 0 Å². The quantitative estimate of drug-likeness (QED) is 0.664. The zero-order chi connectivity index (χ0) is 11.0. The van der Waals surface area contributed by atoms with Gasteiger partial charge in [-0.25, -0.2) is 0 Å². The molecular weight excluding hydrogens is 232 g/mol. The summed E-state index contributed by atoms with van der Waals surface area (Å²) in [5.41, 5.74) is 0. The van der Waals surface area contributed by atoms with Gasteiger partial charge in [-0.2, -0.15) is 0 Å². The van der Waals surface area contributed by atoms with Gasteiger partial charge < -0.3 is 0 Å². The van der Waals surface area contributed by atoms with Crippen LogP contribution in [0.5, 0.6) is 0 Å². The Hall–Kier alpha value is -1.25. The van der Waals surface area contributed by atoms with Gasteiger partial charge in [-0.3, -0.25) is 0 Å². The highest BCUT2D eigenvalue weighted by atomic mass is 32.1. The minimum Gasteiger partial charge on any atom is -0.139 e. The van der Waals surface area contributed by atoms with Crippen LogP contribution < -0.4 is 0 Å². The number of rotatable bonds is 1. The van der Waals surface area contributed by atoms with E-state index < -0.39 is 0 Å². The fraction of sp³-hybridized carbons (Fsp3) is 0.0714. The number of thiocarbonyl (C=S) groups is 1. The number of fused-ring (bicyclic) bond motifs is 1. The fourth-order valence-electron chi connectivity index (χ4n) is 1.91. The van der Waals surface area contributed by atoms with Crippen LogP contribution in [0.2, 0.25) is 0 Å². The van der Waals surface area contributed by atoms with Gasteiger partial charge in [0.15, 0.2) is 0 Å². The average Bonchev–Trinajstić information content (AvgIpc) is 2.73. The first-order chi connectivity index (χ1) is 7.84. The molecule has 1 heterocycles. The van der Waals surface area contributed by atoms with Crippen LogP contribution in [0.25, 0.3) is 10.1 Å². The fourth-order valence-corrected chi connectivity index (χ4v) is 3.44. The summed E-state index contributed by atoms with van der Waals surface area (Å²) < 4.78 is 1.34. The highest BCUT2D eigenvalue weighted by molar-refractivity contribution is 7.80. The summed E-state index contributed by atoms with van der Waals surface area (Å²) in [5, 5.41) is 1.31. The number of benzene rings is 1. The second kappa shape index (κ2) is 3.96. The smallest absolute Gasteiger partial charge is 0.0469 e. The van der Waals surface area contributed by atoms with Crippen LogP contribution in [-0.4, -0.2) is 4.86 Å². The molecule has 0 bridgehead atoms. The van der Waals surface area contributed by atoms with E-state index in [0.29, 0.717) is 0 Å². The molecular formula is C14H10S2. The van der Waals surface area contributed by atoms with E-state index in [4.69, 9.17) is 12.2 Å². The molecule has 2 heteroatoms. The molecule has 78 valence electrons. The first-order valence-corrected chi connectivity index (χ1v) is 6.44. The van der Waals surface area contributed by atoms with Crippen molar-refractivity contribution in [1.29, 1.82) is 0 Å². The summed E-state index contributed by atoms with van der Waals surface area (Å²) in [6, 6.07) is 10.7. The topological polar surface area (TPSA) is 0 Å². The number of hydrogen-bond acceptors (Lipinski definition) is 2. The summed E-state index contributed by atoms with van der Waals surface area (Å²) in [5.74, 6) is 0.289. The van der Waals surface area contributed by atoms with Gasteiger partial charge in [-0.05, 0) is 23.6 Å². The Balaban J connectivity index is 2.09. The molecule has 0 nitrogen and oxygen atoms in total. The standard InChI is InChI=1S/C14H10S2/c15-12-7-3-2-6-11(12)14-9-10-5-1-4-8-13(10)16-14/h1-9,11H. The summed E-state index contributed by atoms with van der Waals surface area (Å²) in [4.78, 5) is 2.35. The molecule has 3 rings (SSSR count). The Morgan fingerprint density at radius 2 is 2.00 bits per heavy atom. The van der Waals surface area contributed by atoms with Crippen LogP contribution >= 0.6 is 23.6 Å². The first kappa shape index (κ1) is 9.94. The number of thiophene rings is 1. The summed E-state index contributed by atoms with van der Waals surface area (Å²) in [6.07, 6.45) is 8.27. The molecule has 0 saturated carbocycles. The molecule has 0 saturated heterocycles. The Kier molecular flexibility index (Phi) is 2.46. The van der Waals surface area contributed by atoms with Crippen molar-refractivity contribution in [3.8, 4) is 0 Å². The second-order valence-corrected chi connectivity index (χ2v) is 5.40. The van der Waals surface area contributed by atoms with Crippen molar-refractivity contribution >= 4 is 38.5 Å². The lowest BCUT2D eigenvalue weighted by Gasteiger charge is -2.11. The van der Waals surface area contributed by atoms with E-state index in [0.717, 1.165) is 4.86 Å². The lowest BCUT2D eigenvalue weighted by atomic mass is 9.98. The van der Waals surface area contributed by atoms with Gasteiger partial charge in [-0.15, -0.1) is 11.3 Å². The second-order valence-electron chi connectivity index (χ2n) is 3.81. The van der Waals surface area contributed by atoms with Crippen molar-refractivity contribution in [2.45, 2.75) is 5.92 Å². The van der Waals surface area contributed by atoms with Crippen molar-refractivity contribution < 1.29 is 0 Å². The molecule has 0 aliphatic heterocycles. The molecule has 1 aliphatic rings. The minimum atomic E-state index is 0.289. The largest absolute Gasteiger partial charge is 0.139 e. The van der Waals surface area contributed by atoms with Crippen LogP contribution in [0.1, 0.15) is 10.8 Å². The molecule has 1 aromatic heterocycles. The Labute approximate surface area is 104 Å². The lowest BCUT2D eigenvalue weighted by molar-refractivity contribution is 1.21. The molecule has 1 unspecified atom stereocenters. The van der Waals surface area contributed by atoms with Gasteiger partial charge in [0.2, 0.25) is 0 Å². The summed E-state index contributed by atoms with van der Waals surface area (Å²) in [6.45, 7) is 0. The van der Waals surface area contributed by atoms with Crippen LogP contribution in [0.4, 0.5) is 0 Å². The van der Waals surface area contributed by atoms with E-state index in [1.54, 1.807) is 0 Å². The Morgan fingerprint density at radius 3 is 2.81 bits per heavy atom. The van der Waals surface area contributed by atoms with Gasteiger partial charge in [-0.1, -0.05) is 48.6 Å². The number of hydrogen-bond donors (Lipinski definition) is 0. The maximum atomic E-state index is 5.38. The van der Waals surface area contributed by atoms with Gasteiger partial charge in [0, 0.05) is 20.4 Å². The van der Waals surface area contributed by atoms with E-state index in [1.807, 2.05) is 23.5 Å². The van der Waals surface area contributed by atoms with Crippen molar-refractivity contribution in [3.05, 3.63) is 59.5 Å². The minimum absolute atomic E-state index is 0.289. The monoisotopic (exact) mass is 242 g/mol. The number of allylic oxidation sites excluding steroid dienone is 4. The zero-order valence-electron chi connectivity index (χ0n) is 8.59. The van der Waals surface area contributed by atoms with E-state index in [2.05, 4.69) is 42.5 Å². The highest BCUT2D eigenvalue weighted by Crippen LogP contribution is 2.33. The van der Waals surface area contributed by atoms with Crippen molar-refractivity contribution in [3.63, 3.8) is 0 Å². The molecule has 1 aromatic carbocycles. The average molecular weight is 242 g/mol. The van der Waals surface area contributed by atoms with Gasteiger partial charge in [0.25, 0.3) is 0 Å². The van der Waals surface area contributed by atoms with Crippen molar-refractivity contribution in [2.24, 2.45) is 0 Å². The van der Waals surface area contributed by atoms with E-state index in [9.17, 15) is 0 Å². The van der Waals surface area contributed by atoms with Gasteiger partial charge in [0.05, 0.1) is 0 Å². The van der Waals surface area contributed by atoms with E-state index in [1.165, 1.54) is 15.0 Å². The van der Waals surface area contributed by atoms with Crippen molar-refractivity contribution in [1.82, 2.24) is 0 Å². The van der Waals surface area contributed by atoms with Crippen LogP contribution in [-0.2, 0) is 0 Å². The Morgan fingerprint density at radius 1 is 1.12 bits per heavy atom. The van der Waals surface area contributed by atoms with Crippen LogP contribution in [0.15, 0.2) is 54.6 Å². The normalized spacial score (nSPS) is 19.5. The first-order valence-electron chi connectivity index (χ1n) is 5.22. The predicted octanol–water partition coefficient (Wildman–Crippen LogP) is 4.48. The molecule has 0 amide bonds. The molecule has 0 fully saturated rings. The molecule has 16 heavy (non-hydrogen) atoms. The molecule has 0 spiro atoms. The maximum absolute atomic E-state index is 5.38. The third-order valence-corrected chi connectivity index (χ3v) is 4.32. The zero-order valence-corrected chi connectivity index (χ0v) is 10.2. The molecule has 0 radical (unpaired) electrons. The maximum Gasteiger partial charge on any atom is 0.0469 e.